The van der Waals surface area contributed by atoms with Crippen molar-refractivity contribution in [1.29, 1.82) is 0 Å². The lowest BCUT2D eigenvalue weighted by atomic mass is 10.1. The van der Waals surface area contributed by atoms with E-state index in [-0.39, 0.29) is 0 Å². The minimum atomic E-state index is 0.464. The van der Waals surface area contributed by atoms with Gasteiger partial charge in [0.25, 0.3) is 0 Å². The summed E-state index contributed by atoms with van der Waals surface area (Å²) in [7, 11) is 0. The number of guanidine groups is 1. The molecule has 2 heterocycles. The maximum absolute atomic E-state index is 5.46. The molecule has 2 fully saturated rings. The molecule has 1 atom stereocenters. The van der Waals surface area contributed by atoms with Crippen LogP contribution in [0.15, 0.2) is 29.3 Å². The Hall–Kier alpha value is -1.67. The maximum atomic E-state index is 5.46. The van der Waals surface area contributed by atoms with E-state index in [0.717, 1.165) is 51.9 Å². The zero-order valence-electron chi connectivity index (χ0n) is 19.8. The summed E-state index contributed by atoms with van der Waals surface area (Å²) in [6, 6.07) is 9.43. The summed E-state index contributed by atoms with van der Waals surface area (Å²) >= 11 is 0. The Bertz CT molecular complexity index is 651. The Morgan fingerprint density at radius 3 is 2.23 bits per heavy atom. The topological polar surface area (TPSA) is 55.4 Å². The molecule has 0 aliphatic carbocycles. The molecule has 0 spiro atoms. The van der Waals surface area contributed by atoms with Gasteiger partial charge in [0.05, 0.1) is 19.8 Å². The van der Waals surface area contributed by atoms with Crippen LogP contribution < -0.4 is 10.6 Å². The molecule has 0 saturated carbocycles. The van der Waals surface area contributed by atoms with Gasteiger partial charge in [-0.05, 0) is 31.5 Å². The van der Waals surface area contributed by atoms with Gasteiger partial charge in [0.15, 0.2) is 5.96 Å². The second kappa shape index (κ2) is 13.0. The molecule has 2 aliphatic heterocycles. The average molecular weight is 431 g/mol. The number of nitrogens with one attached hydrogen (secondary N) is 2. The number of benzene rings is 1. The van der Waals surface area contributed by atoms with E-state index < -0.39 is 0 Å². The number of nitrogens with zero attached hydrogens (tertiary/aromatic N) is 4. The molecule has 0 bridgehead atoms. The lowest BCUT2D eigenvalue weighted by Gasteiger charge is -2.34. The predicted octanol–water partition coefficient (Wildman–Crippen LogP) is 1.60. The zero-order chi connectivity index (χ0) is 21.9. The Kier molecular flexibility index (Phi) is 10.1. The van der Waals surface area contributed by atoms with Crippen LogP contribution in [-0.2, 0) is 17.8 Å². The Labute approximate surface area is 188 Å². The van der Waals surface area contributed by atoms with Crippen molar-refractivity contribution in [3.05, 3.63) is 35.4 Å². The van der Waals surface area contributed by atoms with Gasteiger partial charge in [-0.15, -0.1) is 0 Å². The Morgan fingerprint density at radius 1 is 0.935 bits per heavy atom. The summed E-state index contributed by atoms with van der Waals surface area (Å²) in [5.41, 5.74) is 2.64. The lowest BCUT2D eigenvalue weighted by Crippen LogP contribution is -2.49. The second-order valence-electron chi connectivity index (χ2n) is 8.60. The molecule has 31 heavy (non-hydrogen) atoms. The van der Waals surface area contributed by atoms with E-state index in [1.807, 2.05) is 0 Å². The number of rotatable bonds is 9. The van der Waals surface area contributed by atoms with Gasteiger partial charge in [-0.25, -0.2) is 4.99 Å². The van der Waals surface area contributed by atoms with Crippen LogP contribution in [0.25, 0.3) is 0 Å². The first kappa shape index (κ1) is 24.0. The first-order chi connectivity index (χ1) is 15.2. The van der Waals surface area contributed by atoms with Gasteiger partial charge < -0.3 is 20.3 Å². The molecule has 2 saturated heterocycles. The third-order valence-corrected chi connectivity index (χ3v) is 6.34. The third kappa shape index (κ3) is 8.07. The van der Waals surface area contributed by atoms with E-state index in [2.05, 4.69) is 70.4 Å². The van der Waals surface area contributed by atoms with Crippen molar-refractivity contribution in [2.45, 2.75) is 39.9 Å². The van der Waals surface area contributed by atoms with E-state index in [0.29, 0.717) is 12.6 Å². The first-order valence-corrected chi connectivity index (χ1v) is 12.0. The predicted molar refractivity (Wildman–Crippen MR) is 129 cm³/mol. The fourth-order valence-corrected chi connectivity index (χ4v) is 4.18. The van der Waals surface area contributed by atoms with Gasteiger partial charge in [0, 0.05) is 64.9 Å². The SMILES string of the molecule is CCNC(=NCc1ccc(CN2CCN(CC)CC2)cc1)NCC(C)N1CCOCC1. The number of piperazine rings is 1. The molecule has 1 aromatic carbocycles. The molecule has 3 rings (SSSR count). The molecule has 174 valence electrons. The molecule has 7 heteroatoms. The second-order valence-corrected chi connectivity index (χ2v) is 8.60. The highest BCUT2D eigenvalue weighted by molar-refractivity contribution is 5.79. The Morgan fingerprint density at radius 2 is 1.58 bits per heavy atom. The summed E-state index contributed by atoms with van der Waals surface area (Å²) in [6.07, 6.45) is 0. The summed E-state index contributed by atoms with van der Waals surface area (Å²) in [6.45, 7) is 19.7. The van der Waals surface area contributed by atoms with Crippen molar-refractivity contribution in [3.8, 4) is 0 Å². The molecule has 2 N–H and O–H groups in total. The van der Waals surface area contributed by atoms with E-state index in [1.54, 1.807) is 0 Å². The quantitative estimate of drug-likeness (QED) is 0.459. The van der Waals surface area contributed by atoms with E-state index >= 15 is 0 Å². The molecule has 7 nitrogen and oxygen atoms in total. The average Bonchev–Trinajstić information content (AvgIpc) is 2.82. The van der Waals surface area contributed by atoms with Gasteiger partial charge in [-0.1, -0.05) is 31.2 Å². The van der Waals surface area contributed by atoms with E-state index in [1.165, 1.54) is 43.9 Å². The van der Waals surface area contributed by atoms with Crippen LogP contribution in [0.4, 0.5) is 0 Å². The van der Waals surface area contributed by atoms with Crippen LogP contribution in [0, 0.1) is 0 Å². The summed E-state index contributed by atoms with van der Waals surface area (Å²) in [5, 5.41) is 6.88. The number of morpholine rings is 1. The number of aliphatic imine (C=N–C) groups is 1. The van der Waals surface area contributed by atoms with Gasteiger partial charge in [-0.2, -0.15) is 0 Å². The minimum Gasteiger partial charge on any atom is -0.379 e. The maximum Gasteiger partial charge on any atom is 0.191 e. The van der Waals surface area contributed by atoms with Crippen molar-refractivity contribution >= 4 is 5.96 Å². The summed E-state index contributed by atoms with van der Waals surface area (Å²) < 4.78 is 5.46. The minimum absolute atomic E-state index is 0.464. The number of ether oxygens (including phenoxy) is 1. The molecule has 0 amide bonds. The fourth-order valence-electron chi connectivity index (χ4n) is 4.18. The van der Waals surface area contributed by atoms with Gasteiger partial charge in [0.1, 0.15) is 0 Å². The molecular weight excluding hydrogens is 388 g/mol. The van der Waals surface area contributed by atoms with E-state index in [4.69, 9.17) is 9.73 Å². The molecular formula is C24H42N6O. The van der Waals surface area contributed by atoms with Crippen molar-refractivity contribution in [1.82, 2.24) is 25.3 Å². The van der Waals surface area contributed by atoms with Gasteiger partial charge >= 0.3 is 0 Å². The molecule has 0 aromatic heterocycles. The zero-order valence-corrected chi connectivity index (χ0v) is 19.8. The lowest BCUT2D eigenvalue weighted by molar-refractivity contribution is 0.0211. The summed E-state index contributed by atoms with van der Waals surface area (Å²) in [4.78, 5) is 12.4. The monoisotopic (exact) mass is 430 g/mol. The largest absolute Gasteiger partial charge is 0.379 e. The highest BCUT2D eigenvalue weighted by Crippen LogP contribution is 2.11. The van der Waals surface area contributed by atoms with Crippen LogP contribution in [0.5, 0.6) is 0 Å². The van der Waals surface area contributed by atoms with Crippen LogP contribution in [0.3, 0.4) is 0 Å². The Balaban J connectivity index is 1.45. The number of hydrogen-bond acceptors (Lipinski definition) is 5. The molecule has 0 radical (unpaired) electrons. The van der Waals surface area contributed by atoms with Gasteiger partial charge in [0.2, 0.25) is 0 Å². The normalized spacial score (nSPS) is 20.5. The third-order valence-electron chi connectivity index (χ3n) is 6.34. The van der Waals surface area contributed by atoms with E-state index in [9.17, 15) is 0 Å². The van der Waals surface area contributed by atoms with Crippen LogP contribution in [0.1, 0.15) is 31.9 Å². The molecule has 2 aliphatic rings. The smallest absolute Gasteiger partial charge is 0.191 e. The van der Waals surface area contributed by atoms with Crippen molar-refractivity contribution < 1.29 is 4.74 Å². The standard InChI is InChI=1S/C24H42N6O/c1-4-25-24(26-18-21(3)30-14-16-31-17-15-30)27-19-22-6-8-23(9-7-22)20-29-12-10-28(5-2)11-13-29/h6-9,21H,4-5,10-20H2,1-3H3,(H2,25,26,27). The number of likely N-dealkylation sites (N-methyl/N-ethyl adjacent to an activating group) is 1. The molecule has 1 unspecified atom stereocenters. The van der Waals surface area contributed by atoms with Crippen molar-refractivity contribution in [3.63, 3.8) is 0 Å². The highest BCUT2D eigenvalue weighted by Gasteiger charge is 2.17. The molecule has 1 aromatic rings. The van der Waals surface area contributed by atoms with Crippen LogP contribution in [-0.4, -0.2) is 98.8 Å². The van der Waals surface area contributed by atoms with Gasteiger partial charge in [-0.3, -0.25) is 9.80 Å². The highest BCUT2D eigenvalue weighted by atomic mass is 16.5. The van der Waals surface area contributed by atoms with Crippen molar-refractivity contribution in [2.75, 3.05) is 72.1 Å². The fraction of sp³-hybridized carbons (Fsp3) is 0.708. The first-order valence-electron chi connectivity index (χ1n) is 12.0. The summed E-state index contributed by atoms with van der Waals surface area (Å²) in [5.74, 6) is 0.889. The van der Waals surface area contributed by atoms with Crippen molar-refractivity contribution in [2.24, 2.45) is 4.99 Å². The number of hydrogen-bond donors (Lipinski definition) is 2. The van der Waals surface area contributed by atoms with Crippen LogP contribution in [0.2, 0.25) is 0 Å². The van der Waals surface area contributed by atoms with Crippen LogP contribution >= 0.6 is 0 Å².